The maximum atomic E-state index is 11.4. The molecule has 3 unspecified atom stereocenters. The van der Waals surface area contributed by atoms with Crippen LogP contribution in [0, 0.1) is 5.92 Å². The van der Waals surface area contributed by atoms with Crippen LogP contribution < -0.4 is 28.4 Å². The average Bonchev–Trinajstić information content (AvgIpc) is 3.19. The fourth-order valence-corrected chi connectivity index (χ4v) is 9.20. The van der Waals surface area contributed by atoms with Crippen molar-refractivity contribution in [1.82, 2.24) is 14.7 Å². The number of β-amino-alcohol motifs (C(OH)–C–C–N with tert-alkyl or cyclic N) is 1. The first-order valence-corrected chi connectivity index (χ1v) is 20.2. The summed E-state index contributed by atoms with van der Waals surface area (Å²) in [5, 5.41) is 11.4. The highest BCUT2D eigenvalue weighted by Gasteiger charge is 2.35. The smallest absolute Gasteiger partial charge is 0.204 e. The van der Waals surface area contributed by atoms with Gasteiger partial charge in [-0.15, -0.1) is 0 Å². The quantitative estimate of drug-likeness (QED) is 0.194. The van der Waals surface area contributed by atoms with Gasteiger partial charge in [-0.05, 0) is 135 Å². The fourth-order valence-electron chi connectivity index (χ4n) is 9.20. The monoisotopic (exact) mass is 763 g/mol. The van der Waals surface area contributed by atoms with Crippen LogP contribution in [-0.4, -0.2) is 101 Å². The molecule has 1 N–H and O–H groups in total. The predicted octanol–water partition coefficient (Wildman–Crippen LogP) is 7.63. The number of ether oxygens (including phenoxy) is 6. The number of benzene rings is 4. The molecule has 10 heteroatoms. The fraction of sp³-hybridized carbons (Fsp3) is 0.478. The standard InChI is InChI=1S/C46H57N3O7/c1-29-8-7-17-49(26-29)27-34(50)28-54-45-43(53-6)24-33-16-19-48(3)38-21-31-11-14-39(51-4)41(22-31)55-35-12-9-30(10-13-35)20-37-36-25-42(56-46(45)44(33)38)40(52-5)23-32(36)15-18-47(37)2/h9-14,22-25,29,34,37-38,50H,7-8,15-21,26-28H2,1-6H3/t29?,34?,37?,38-/m0/s1. The molecule has 4 atom stereocenters. The number of aliphatic hydroxyl groups excluding tert-OH is 1. The second-order valence-corrected chi connectivity index (χ2v) is 16.2. The summed E-state index contributed by atoms with van der Waals surface area (Å²) >= 11 is 0. The Kier molecular flexibility index (Phi) is 11.3. The van der Waals surface area contributed by atoms with Crippen LogP contribution in [-0.2, 0) is 25.7 Å². The molecule has 4 aromatic carbocycles. The Balaban J connectivity index is 1.28. The first-order valence-electron chi connectivity index (χ1n) is 20.2. The number of hydrogen-bond donors (Lipinski definition) is 1. The van der Waals surface area contributed by atoms with E-state index >= 15 is 0 Å². The molecular formula is C46H57N3O7. The van der Waals surface area contributed by atoms with Gasteiger partial charge in [0.2, 0.25) is 5.75 Å². The minimum Gasteiger partial charge on any atom is -0.493 e. The van der Waals surface area contributed by atoms with Gasteiger partial charge in [-0.25, -0.2) is 0 Å². The van der Waals surface area contributed by atoms with Crippen molar-refractivity contribution in [2.24, 2.45) is 5.92 Å². The molecule has 1 saturated heterocycles. The third kappa shape index (κ3) is 7.89. The molecule has 10 nitrogen and oxygen atoms in total. The summed E-state index contributed by atoms with van der Waals surface area (Å²) in [5.74, 6) is 5.68. The molecule has 5 aliphatic rings. The minimum absolute atomic E-state index is 0.0799. The molecule has 5 aliphatic heterocycles. The first kappa shape index (κ1) is 38.4. The van der Waals surface area contributed by atoms with E-state index in [1.807, 2.05) is 18.2 Å². The first-order chi connectivity index (χ1) is 27.2. The zero-order chi connectivity index (χ0) is 38.9. The normalized spacial score (nSPS) is 21.8. The largest absolute Gasteiger partial charge is 0.493 e. The van der Waals surface area contributed by atoms with Crippen molar-refractivity contribution >= 4 is 0 Å². The summed E-state index contributed by atoms with van der Waals surface area (Å²) in [6.45, 7) is 6.70. The molecular weight excluding hydrogens is 707 g/mol. The van der Waals surface area contributed by atoms with Crippen LogP contribution in [0.25, 0.3) is 0 Å². The highest BCUT2D eigenvalue weighted by atomic mass is 16.6. The van der Waals surface area contributed by atoms with Gasteiger partial charge in [0.15, 0.2) is 34.5 Å². The summed E-state index contributed by atoms with van der Waals surface area (Å²) in [4.78, 5) is 7.16. The second kappa shape index (κ2) is 16.5. The number of aliphatic hydroxyl groups is 1. The zero-order valence-corrected chi connectivity index (χ0v) is 33.8. The van der Waals surface area contributed by atoms with E-state index in [-0.39, 0.29) is 18.7 Å². The topological polar surface area (TPSA) is 85.3 Å². The van der Waals surface area contributed by atoms with Crippen LogP contribution >= 0.6 is 0 Å². The molecule has 6 bridgehead atoms. The Bertz CT molecular complexity index is 2020. The molecule has 0 saturated carbocycles. The van der Waals surface area contributed by atoms with Gasteiger partial charge >= 0.3 is 0 Å². The molecule has 1 fully saturated rings. The molecule has 298 valence electrons. The lowest BCUT2D eigenvalue weighted by Crippen LogP contribution is -2.41. The van der Waals surface area contributed by atoms with Gasteiger partial charge in [-0.3, -0.25) is 9.80 Å². The summed E-state index contributed by atoms with van der Waals surface area (Å²) in [6.07, 6.45) is 4.90. The van der Waals surface area contributed by atoms with Crippen LogP contribution in [0.2, 0.25) is 0 Å². The number of rotatable bonds is 8. The van der Waals surface area contributed by atoms with E-state index in [1.54, 1.807) is 21.3 Å². The maximum absolute atomic E-state index is 11.4. The number of methoxy groups -OCH3 is 3. The highest BCUT2D eigenvalue weighted by Crippen LogP contribution is 2.52. The van der Waals surface area contributed by atoms with E-state index in [0.29, 0.717) is 59.1 Å². The van der Waals surface area contributed by atoms with Crippen molar-refractivity contribution in [3.63, 3.8) is 0 Å². The second-order valence-electron chi connectivity index (χ2n) is 16.2. The van der Waals surface area contributed by atoms with E-state index in [4.69, 9.17) is 28.4 Å². The lowest BCUT2D eigenvalue weighted by Gasteiger charge is -2.37. The highest BCUT2D eigenvalue weighted by molar-refractivity contribution is 5.64. The molecule has 0 radical (unpaired) electrons. The van der Waals surface area contributed by atoms with Crippen molar-refractivity contribution in [2.45, 2.75) is 63.6 Å². The maximum Gasteiger partial charge on any atom is 0.204 e. The van der Waals surface area contributed by atoms with Gasteiger partial charge in [0.1, 0.15) is 18.5 Å². The number of piperidine rings is 1. The van der Waals surface area contributed by atoms with E-state index in [0.717, 1.165) is 74.3 Å². The summed E-state index contributed by atoms with van der Waals surface area (Å²) in [7, 11) is 9.42. The van der Waals surface area contributed by atoms with Crippen LogP contribution in [0.4, 0.5) is 0 Å². The molecule has 0 aromatic heterocycles. The minimum atomic E-state index is -0.688. The lowest BCUT2D eigenvalue weighted by molar-refractivity contribution is 0.0521. The lowest BCUT2D eigenvalue weighted by atomic mass is 9.87. The summed E-state index contributed by atoms with van der Waals surface area (Å²) in [5.41, 5.74) is 6.96. The third-order valence-corrected chi connectivity index (χ3v) is 12.3. The van der Waals surface area contributed by atoms with Gasteiger partial charge in [0.25, 0.3) is 0 Å². The molecule has 4 aromatic rings. The van der Waals surface area contributed by atoms with Crippen molar-refractivity contribution in [3.8, 4) is 46.0 Å². The SMILES string of the molecule is COc1ccc2cc1Oc1ccc(cc1)CC1c3cc(c(OC)cc3CCN1C)Oc1c(OCC(O)CN3CCCC(C)C3)c(OC)cc3c1[C@H](C2)N(C)CC3. The van der Waals surface area contributed by atoms with Crippen molar-refractivity contribution < 1.29 is 33.5 Å². The molecule has 5 heterocycles. The Morgan fingerprint density at radius 1 is 0.750 bits per heavy atom. The van der Waals surface area contributed by atoms with Gasteiger partial charge in [0, 0.05) is 43.8 Å². The van der Waals surface area contributed by atoms with Gasteiger partial charge in [0.05, 0.1) is 21.3 Å². The summed E-state index contributed by atoms with van der Waals surface area (Å²) in [6, 6.07) is 21.1. The van der Waals surface area contributed by atoms with Gasteiger partial charge in [-0.1, -0.05) is 25.1 Å². The van der Waals surface area contributed by atoms with Crippen LogP contribution in [0.1, 0.15) is 65.2 Å². The number of hydrogen-bond acceptors (Lipinski definition) is 10. The average molecular weight is 764 g/mol. The van der Waals surface area contributed by atoms with Gasteiger partial charge < -0.3 is 38.4 Å². The molecule has 56 heavy (non-hydrogen) atoms. The van der Waals surface area contributed by atoms with Crippen molar-refractivity contribution in [3.05, 3.63) is 94.0 Å². The number of likely N-dealkylation sites (tertiary alicyclic amines) is 1. The third-order valence-electron chi connectivity index (χ3n) is 12.3. The van der Waals surface area contributed by atoms with Crippen molar-refractivity contribution in [1.29, 1.82) is 0 Å². The summed E-state index contributed by atoms with van der Waals surface area (Å²) < 4.78 is 38.4. The molecule has 0 spiro atoms. The van der Waals surface area contributed by atoms with E-state index in [1.165, 1.54) is 23.1 Å². The van der Waals surface area contributed by atoms with E-state index in [9.17, 15) is 5.11 Å². The zero-order valence-electron chi connectivity index (χ0n) is 33.8. The number of fused-ring (bicyclic) bond motifs is 2. The number of likely N-dealkylation sites (N-methyl/N-ethyl adjacent to an activating group) is 2. The van der Waals surface area contributed by atoms with Crippen LogP contribution in [0.3, 0.4) is 0 Å². The predicted molar refractivity (Wildman–Crippen MR) is 217 cm³/mol. The Morgan fingerprint density at radius 2 is 1.43 bits per heavy atom. The Labute approximate surface area is 331 Å². The molecule has 0 aliphatic carbocycles. The molecule has 9 rings (SSSR count). The Morgan fingerprint density at radius 3 is 2.18 bits per heavy atom. The van der Waals surface area contributed by atoms with Gasteiger partial charge in [-0.2, -0.15) is 0 Å². The van der Waals surface area contributed by atoms with Crippen LogP contribution in [0.15, 0.2) is 60.7 Å². The number of nitrogens with zero attached hydrogens (tertiary/aromatic N) is 3. The van der Waals surface area contributed by atoms with Crippen LogP contribution in [0.5, 0.6) is 46.0 Å². The molecule has 0 amide bonds. The van der Waals surface area contributed by atoms with E-state index in [2.05, 4.69) is 78.2 Å². The van der Waals surface area contributed by atoms with Crippen molar-refractivity contribution in [2.75, 3.05) is 74.8 Å². The van der Waals surface area contributed by atoms with E-state index < -0.39 is 6.10 Å². The Hall–Kier alpha value is -4.48.